The normalized spacial score (nSPS) is 13.7. The van der Waals surface area contributed by atoms with Crippen LogP contribution >= 0.6 is 27.5 Å². The van der Waals surface area contributed by atoms with E-state index in [1.54, 1.807) is 25.1 Å². The van der Waals surface area contributed by atoms with Gasteiger partial charge in [0.2, 0.25) is 5.88 Å². The number of nitrogens with one attached hydrogen (secondary N) is 1. The minimum Gasteiger partial charge on any atom is -0.461 e. The van der Waals surface area contributed by atoms with Crippen molar-refractivity contribution in [2.45, 2.75) is 50.9 Å². The van der Waals surface area contributed by atoms with Gasteiger partial charge in [-0.15, -0.1) is 0 Å². The molecule has 36 heavy (non-hydrogen) atoms. The largest absolute Gasteiger partial charge is 0.461 e. The van der Waals surface area contributed by atoms with Crippen molar-refractivity contribution < 1.29 is 27.1 Å². The first-order valence-corrected chi connectivity index (χ1v) is 12.0. The maximum atomic E-state index is 14.2. The number of carbonyl (C=O) groups excluding carboxylic acids is 1. The molecule has 0 fully saturated rings. The molecule has 1 heterocycles. The van der Waals surface area contributed by atoms with Crippen LogP contribution in [0.1, 0.15) is 43.5 Å². The van der Waals surface area contributed by atoms with Crippen LogP contribution in [0.3, 0.4) is 0 Å². The quantitative estimate of drug-likeness (QED) is 0.296. The van der Waals surface area contributed by atoms with Crippen molar-refractivity contribution in [2.75, 3.05) is 0 Å². The molecule has 11 heteroatoms. The molecule has 0 aliphatic rings. The molecule has 2 atom stereocenters. The van der Waals surface area contributed by atoms with Gasteiger partial charge in [-0.3, -0.25) is 4.79 Å². The van der Waals surface area contributed by atoms with Crippen LogP contribution < -0.4 is 10.1 Å². The number of hydrogen-bond donors (Lipinski definition) is 1. The molecule has 2 aromatic carbocycles. The molecule has 192 valence electrons. The van der Waals surface area contributed by atoms with Gasteiger partial charge in [0, 0.05) is 27.5 Å². The maximum Gasteiger partial charge on any atom is 0.433 e. The van der Waals surface area contributed by atoms with Crippen molar-refractivity contribution in [1.82, 2.24) is 15.3 Å². The van der Waals surface area contributed by atoms with E-state index in [9.17, 15) is 22.4 Å². The third-order valence-corrected chi connectivity index (χ3v) is 6.19. The molecule has 1 amide bonds. The first-order chi connectivity index (χ1) is 16.7. The lowest BCUT2D eigenvalue weighted by Gasteiger charge is -2.31. The molecule has 0 saturated carbocycles. The molecule has 5 nitrogen and oxygen atoms in total. The van der Waals surface area contributed by atoms with Crippen molar-refractivity contribution >= 4 is 33.4 Å². The second-order valence-corrected chi connectivity index (χ2v) is 10.1. The predicted molar refractivity (Wildman–Crippen MR) is 131 cm³/mol. The van der Waals surface area contributed by atoms with Crippen LogP contribution in [0.2, 0.25) is 5.02 Å². The molecule has 0 aliphatic carbocycles. The number of alkyl halides is 3. The van der Waals surface area contributed by atoms with Crippen LogP contribution in [0.15, 0.2) is 59.3 Å². The number of rotatable bonds is 8. The van der Waals surface area contributed by atoms with E-state index in [0.29, 0.717) is 27.5 Å². The summed E-state index contributed by atoms with van der Waals surface area (Å²) in [5.74, 6) is -1.77. The number of carbonyl (C=O) groups is 1. The minimum atomic E-state index is -4.68. The summed E-state index contributed by atoms with van der Waals surface area (Å²) in [7, 11) is 0. The standard InChI is InChI=1S/C25H23BrClF4N3O2/c1-14(34-23(35)24(2,3)36-22-12-21(25(29,30)31)32-13-33-22)20(8-15-4-6-18(27)7-5-15)16-9-17(26)11-19(28)10-16/h4-7,9-14,20H,8H2,1-3H3,(H,34,35). The third kappa shape index (κ3) is 7.39. The number of hydrogen-bond acceptors (Lipinski definition) is 4. The van der Waals surface area contributed by atoms with Gasteiger partial charge in [0.05, 0.1) is 0 Å². The fraction of sp³-hybridized carbons (Fsp3) is 0.320. The van der Waals surface area contributed by atoms with Crippen molar-refractivity contribution in [3.63, 3.8) is 0 Å². The lowest BCUT2D eigenvalue weighted by molar-refractivity contribution is -0.141. The van der Waals surface area contributed by atoms with E-state index in [1.165, 1.54) is 26.0 Å². The van der Waals surface area contributed by atoms with Crippen molar-refractivity contribution in [2.24, 2.45) is 0 Å². The second-order valence-electron chi connectivity index (χ2n) is 8.75. The summed E-state index contributed by atoms with van der Waals surface area (Å²) in [5, 5.41) is 3.43. The Morgan fingerprint density at radius 3 is 2.39 bits per heavy atom. The average molecular weight is 589 g/mol. The van der Waals surface area contributed by atoms with Gasteiger partial charge in [0.25, 0.3) is 5.91 Å². The second kappa shape index (κ2) is 11.1. The summed E-state index contributed by atoms with van der Waals surface area (Å²) >= 11 is 9.30. The van der Waals surface area contributed by atoms with Gasteiger partial charge >= 0.3 is 6.18 Å². The Bertz CT molecular complexity index is 1200. The number of aromatic nitrogens is 2. The van der Waals surface area contributed by atoms with Gasteiger partial charge in [-0.05, 0) is 68.7 Å². The Labute approximate surface area is 219 Å². The zero-order valence-corrected chi connectivity index (χ0v) is 21.9. The summed E-state index contributed by atoms with van der Waals surface area (Å²) in [6.07, 6.45) is -3.51. The molecule has 3 rings (SSSR count). The number of ether oxygens (including phenoxy) is 1. The SMILES string of the molecule is CC(NC(=O)C(C)(C)Oc1cc(C(F)(F)F)ncn1)C(Cc1ccc(Cl)cc1)c1cc(F)cc(Br)c1. The topological polar surface area (TPSA) is 64.1 Å². The predicted octanol–water partition coefficient (Wildman–Crippen LogP) is 6.74. The van der Waals surface area contributed by atoms with E-state index < -0.39 is 41.1 Å². The van der Waals surface area contributed by atoms with Crippen LogP contribution in [0.25, 0.3) is 0 Å². The van der Waals surface area contributed by atoms with Gasteiger partial charge in [-0.1, -0.05) is 39.7 Å². The minimum absolute atomic E-state index is 0.353. The Morgan fingerprint density at radius 1 is 1.11 bits per heavy atom. The molecule has 3 aromatic rings. The van der Waals surface area contributed by atoms with E-state index >= 15 is 0 Å². The Balaban J connectivity index is 1.82. The zero-order valence-electron chi connectivity index (χ0n) is 19.5. The molecular formula is C25H23BrClF4N3O2. The number of halogens is 6. The van der Waals surface area contributed by atoms with Crippen molar-refractivity contribution in [1.29, 1.82) is 0 Å². The molecule has 1 aromatic heterocycles. The molecule has 0 radical (unpaired) electrons. The lowest BCUT2D eigenvalue weighted by atomic mass is 9.86. The van der Waals surface area contributed by atoms with E-state index in [4.69, 9.17) is 16.3 Å². The maximum absolute atomic E-state index is 14.2. The molecule has 0 bridgehead atoms. The molecule has 2 unspecified atom stereocenters. The zero-order chi connectivity index (χ0) is 26.7. The number of benzene rings is 2. The molecular weight excluding hydrogens is 566 g/mol. The Hall–Kier alpha value is -2.72. The summed E-state index contributed by atoms with van der Waals surface area (Å²) < 4.78 is 59.2. The van der Waals surface area contributed by atoms with Crippen LogP contribution in [-0.4, -0.2) is 27.5 Å². The highest BCUT2D eigenvalue weighted by Crippen LogP contribution is 2.31. The third-order valence-electron chi connectivity index (χ3n) is 5.48. The number of nitrogens with zero attached hydrogens (tertiary/aromatic N) is 2. The highest BCUT2D eigenvalue weighted by Gasteiger charge is 2.36. The summed E-state index contributed by atoms with van der Waals surface area (Å²) in [6.45, 7) is 4.59. The van der Waals surface area contributed by atoms with E-state index in [1.807, 2.05) is 12.1 Å². The van der Waals surface area contributed by atoms with Crippen molar-refractivity contribution in [3.05, 3.63) is 87.0 Å². The van der Waals surface area contributed by atoms with Crippen LogP contribution in [0.4, 0.5) is 17.6 Å². The highest BCUT2D eigenvalue weighted by molar-refractivity contribution is 9.10. The van der Waals surface area contributed by atoms with Crippen LogP contribution in [0.5, 0.6) is 5.88 Å². The first-order valence-electron chi connectivity index (χ1n) is 10.8. The fourth-order valence-electron chi connectivity index (χ4n) is 3.59. The van der Waals surface area contributed by atoms with Gasteiger partial charge < -0.3 is 10.1 Å². The fourth-order valence-corrected chi connectivity index (χ4v) is 4.20. The Kier molecular flexibility index (Phi) is 8.61. The van der Waals surface area contributed by atoms with Gasteiger partial charge in [-0.25, -0.2) is 14.4 Å². The monoisotopic (exact) mass is 587 g/mol. The van der Waals surface area contributed by atoms with Crippen LogP contribution in [0, 0.1) is 5.82 Å². The molecule has 0 saturated heterocycles. The highest BCUT2D eigenvalue weighted by atomic mass is 79.9. The van der Waals surface area contributed by atoms with Crippen LogP contribution in [-0.2, 0) is 17.4 Å². The smallest absolute Gasteiger partial charge is 0.433 e. The Morgan fingerprint density at radius 2 is 1.78 bits per heavy atom. The van der Waals surface area contributed by atoms with E-state index in [0.717, 1.165) is 11.9 Å². The van der Waals surface area contributed by atoms with E-state index in [2.05, 4.69) is 31.2 Å². The van der Waals surface area contributed by atoms with Gasteiger partial charge in [0.1, 0.15) is 12.1 Å². The summed E-state index contributed by atoms with van der Waals surface area (Å²) in [4.78, 5) is 20.0. The lowest BCUT2D eigenvalue weighted by Crippen LogP contribution is -2.51. The molecule has 1 N–H and O–H groups in total. The summed E-state index contributed by atoms with van der Waals surface area (Å²) in [6, 6.07) is 11.8. The molecule has 0 aliphatic heterocycles. The number of amides is 1. The van der Waals surface area contributed by atoms with Gasteiger partial charge in [0.15, 0.2) is 11.3 Å². The van der Waals surface area contributed by atoms with E-state index in [-0.39, 0.29) is 5.92 Å². The average Bonchev–Trinajstić information content (AvgIpc) is 2.77. The van der Waals surface area contributed by atoms with Crippen molar-refractivity contribution in [3.8, 4) is 5.88 Å². The molecule has 0 spiro atoms. The van der Waals surface area contributed by atoms with Gasteiger partial charge in [-0.2, -0.15) is 13.2 Å². The first kappa shape index (κ1) is 27.9. The summed E-state index contributed by atoms with van der Waals surface area (Å²) in [5.41, 5.74) is -1.19.